The van der Waals surface area contributed by atoms with Crippen LogP contribution in [-0.4, -0.2) is 11.0 Å². The molecule has 1 aromatic heterocycles. The maximum atomic E-state index is 6.02. The quantitative estimate of drug-likeness (QED) is 0.687. The van der Waals surface area contributed by atoms with Gasteiger partial charge in [-0.15, -0.1) is 0 Å². The Balaban J connectivity index is 2.12. The lowest BCUT2D eigenvalue weighted by Crippen LogP contribution is -2.22. The Bertz CT molecular complexity index is 472. The maximum absolute atomic E-state index is 6.02. The second kappa shape index (κ2) is 6.27. The third-order valence-corrected chi connectivity index (χ3v) is 3.17. The van der Waals surface area contributed by atoms with E-state index in [0.29, 0.717) is 11.9 Å². The van der Waals surface area contributed by atoms with Crippen LogP contribution in [0.3, 0.4) is 0 Å². The molecule has 4 heteroatoms. The van der Waals surface area contributed by atoms with Gasteiger partial charge in [0, 0.05) is 24.0 Å². The summed E-state index contributed by atoms with van der Waals surface area (Å²) in [7, 11) is 0. The highest BCUT2D eigenvalue weighted by molar-refractivity contribution is 5.46. The van der Waals surface area contributed by atoms with Gasteiger partial charge >= 0.3 is 0 Å². The fraction of sp³-hybridized carbons (Fsp3) is 0.400. The second-order valence-electron chi connectivity index (χ2n) is 4.91. The summed E-state index contributed by atoms with van der Waals surface area (Å²) in [6.45, 7) is 4.24. The molecule has 0 amide bonds. The molecule has 1 aromatic rings. The van der Waals surface area contributed by atoms with Crippen LogP contribution >= 0.6 is 0 Å². The summed E-state index contributed by atoms with van der Waals surface area (Å²) >= 11 is 0. The Kier molecular flexibility index (Phi) is 4.44. The number of rotatable bonds is 6. The molecule has 4 N–H and O–H groups in total. The Hall–Kier alpha value is -1.97. The third-order valence-electron chi connectivity index (χ3n) is 3.17. The molecule has 102 valence electrons. The second-order valence-corrected chi connectivity index (χ2v) is 4.91. The summed E-state index contributed by atoms with van der Waals surface area (Å²) < 4.78 is 0. The zero-order valence-corrected chi connectivity index (χ0v) is 11.6. The van der Waals surface area contributed by atoms with Crippen molar-refractivity contribution in [1.82, 2.24) is 10.3 Å². The van der Waals surface area contributed by atoms with Crippen molar-refractivity contribution in [1.29, 1.82) is 0 Å². The summed E-state index contributed by atoms with van der Waals surface area (Å²) in [6, 6.07) is 6.37. The van der Waals surface area contributed by atoms with E-state index in [1.54, 1.807) is 6.20 Å². The molecule has 1 saturated carbocycles. The smallest absolute Gasteiger partial charge is 0.130 e. The van der Waals surface area contributed by atoms with Crippen LogP contribution in [0.1, 0.15) is 33.1 Å². The number of nitrogens with one attached hydrogen (secondary N) is 2. The summed E-state index contributed by atoms with van der Waals surface area (Å²) in [5.41, 5.74) is 8.29. The minimum absolute atomic E-state index is 0.564. The van der Waals surface area contributed by atoms with Crippen molar-refractivity contribution in [3.8, 4) is 0 Å². The van der Waals surface area contributed by atoms with Crippen molar-refractivity contribution in [2.45, 2.75) is 39.2 Å². The van der Waals surface area contributed by atoms with Gasteiger partial charge in [-0.2, -0.15) is 0 Å². The molecule has 4 nitrogen and oxygen atoms in total. The largest absolute Gasteiger partial charge is 0.385 e. The van der Waals surface area contributed by atoms with Gasteiger partial charge in [-0.1, -0.05) is 13.0 Å². The average Bonchev–Trinajstić information content (AvgIpc) is 3.22. The SMILES string of the molecule is CC/C(C)=C(\C=C(/N)NC1CC1)Nc1ccccn1. The molecule has 1 aliphatic carbocycles. The van der Waals surface area contributed by atoms with Crippen molar-refractivity contribution in [2.24, 2.45) is 5.73 Å². The fourth-order valence-corrected chi connectivity index (χ4v) is 1.69. The topological polar surface area (TPSA) is 63.0 Å². The van der Waals surface area contributed by atoms with E-state index in [2.05, 4.69) is 29.5 Å². The first-order valence-corrected chi connectivity index (χ1v) is 6.80. The predicted molar refractivity (Wildman–Crippen MR) is 79.3 cm³/mol. The molecular formula is C15H22N4. The van der Waals surface area contributed by atoms with E-state index in [0.717, 1.165) is 17.9 Å². The van der Waals surface area contributed by atoms with Crippen LogP contribution in [0.5, 0.6) is 0 Å². The van der Waals surface area contributed by atoms with Gasteiger partial charge in [-0.05, 0) is 43.9 Å². The van der Waals surface area contributed by atoms with Gasteiger partial charge in [0.2, 0.25) is 0 Å². The molecule has 19 heavy (non-hydrogen) atoms. The third kappa shape index (κ3) is 4.32. The van der Waals surface area contributed by atoms with E-state index >= 15 is 0 Å². The van der Waals surface area contributed by atoms with E-state index in [4.69, 9.17) is 5.73 Å². The van der Waals surface area contributed by atoms with Crippen LogP contribution in [0.15, 0.2) is 47.6 Å². The van der Waals surface area contributed by atoms with Gasteiger partial charge in [-0.25, -0.2) is 4.98 Å². The molecule has 0 bridgehead atoms. The van der Waals surface area contributed by atoms with E-state index in [9.17, 15) is 0 Å². The van der Waals surface area contributed by atoms with Crippen LogP contribution in [-0.2, 0) is 0 Å². The molecule has 1 heterocycles. The Morgan fingerprint density at radius 2 is 2.26 bits per heavy atom. The zero-order valence-electron chi connectivity index (χ0n) is 11.6. The predicted octanol–water partition coefficient (Wildman–Crippen LogP) is 2.73. The first-order valence-electron chi connectivity index (χ1n) is 6.80. The number of nitrogens with two attached hydrogens (primary N) is 1. The number of allylic oxidation sites excluding steroid dienone is 2. The van der Waals surface area contributed by atoms with Gasteiger partial charge in [0.15, 0.2) is 0 Å². The molecule has 0 unspecified atom stereocenters. The highest BCUT2D eigenvalue weighted by Gasteiger charge is 2.20. The lowest BCUT2D eigenvalue weighted by Gasteiger charge is -2.12. The van der Waals surface area contributed by atoms with Crippen LogP contribution in [0.4, 0.5) is 5.82 Å². The number of anilines is 1. The lowest BCUT2D eigenvalue weighted by molar-refractivity contribution is 0.791. The van der Waals surface area contributed by atoms with Crippen LogP contribution in [0, 0.1) is 0 Å². The van der Waals surface area contributed by atoms with Crippen molar-refractivity contribution >= 4 is 5.82 Å². The fourth-order valence-electron chi connectivity index (χ4n) is 1.69. The van der Waals surface area contributed by atoms with Crippen molar-refractivity contribution < 1.29 is 0 Å². The first-order chi connectivity index (χ1) is 9.19. The zero-order chi connectivity index (χ0) is 13.7. The molecule has 0 radical (unpaired) electrons. The van der Waals surface area contributed by atoms with Crippen LogP contribution < -0.4 is 16.4 Å². The normalized spacial score (nSPS) is 16.8. The summed E-state index contributed by atoms with van der Waals surface area (Å²) in [6.07, 6.45) is 7.15. The molecule has 0 spiro atoms. The standard InChI is InChI=1S/C15H22N4/c1-3-11(2)13(10-14(16)18-12-7-8-12)19-15-6-4-5-9-17-15/h4-6,9-10,12,18H,3,7-8,16H2,1-2H3,(H,17,19)/b13-11+,14-10+. The summed E-state index contributed by atoms with van der Waals surface area (Å²) in [4.78, 5) is 4.28. The number of hydrogen-bond donors (Lipinski definition) is 3. The van der Waals surface area contributed by atoms with Crippen LogP contribution in [0.2, 0.25) is 0 Å². The monoisotopic (exact) mass is 258 g/mol. The molecule has 0 atom stereocenters. The highest BCUT2D eigenvalue weighted by Crippen LogP contribution is 2.20. The van der Waals surface area contributed by atoms with E-state index in [1.807, 2.05) is 24.3 Å². The van der Waals surface area contributed by atoms with E-state index in [1.165, 1.54) is 18.4 Å². The highest BCUT2D eigenvalue weighted by atomic mass is 15.1. The average molecular weight is 258 g/mol. The van der Waals surface area contributed by atoms with E-state index < -0.39 is 0 Å². The number of nitrogens with zero attached hydrogens (tertiary/aromatic N) is 1. The molecule has 0 aromatic carbocycles. The number of hydrogen-bond acceptors (Lipinski definition) is 4. The minimum atomic E-state index is 0.564. The Labute approximate surface area is 114 Å². The van der Waals surface area contributed by atoms with Gasteiger partial charge < -0.3 is 16.4 Å². The minimum Gasteiger partial charge on any atom is -0.385 e. The molecule has 2 rings (SSSR count). The van der Waals surface area contributed by atoms with Gasteiger partial charge in [0.1, 0.15) is 5.82 Å². The number of pyridine rings is 1. The number of aromatic nitrogens is 1. The van der Waals surface area contributed by atoms with Gasteiger partial charge in [0.25, 0.3) is 0 Å². The Morgan fingerprint density at radius 1 is 1.47 bits per heavy atom. The maximum Gasteiger partial charge on any atom is 0.130 e. The van der Waals surface area contributed by atoms with E-state index in [-0.39, 0.29) is 0 Å². The van der Waals surface area contributed by atoms with Gasteiger partial charge in [-0.3, -0.25) is 0 Å². The molecular weight excluding hydrogens is 236 g/mol. The molecule has 1 fully saturated rings. The summed E-state index contributed by atoms with van der Waals surface area (Å²) in [5.74, 6) is 1.55. The summed E-state index contributed by atoms with van der Waals surface area (Å²) in [5, 5.41) is 6.62. The van der Waals surface area contributed by atoms with Crippen molar-refractivity contribution in [2.75, 3.05) is 5.32 Å². The van der Waals surface area contributed by atoms with Crippen molar-refractivity contribution in [3.63, 3.8) is 0 Å². The molecule has 0 aliphatic heterocycles. The van der Waals surface area contributed by atoms with Crippen molar-refractivity contribution in [3.05, 3.63) is 47.6 Å². The molecule has 1 aliphatic rings. The van der Waals surface area contributed by atoms with Crippen LogP contribution in [0.25, 0.3) is 0 Å². The molecule has 0 saturated heterocycles. The van der Waals surface area contributed by atoms with Gasteiger partial charge in [0.05, 0.1) is 5.82 Å². The lowest BCUT2D eigenvalue weighted by atomic mass is 10.1. The Morgan fingerprint density at radius 3 is 2.84 bits per heavy atom. The first kappa shape index (κ1) is 13.5.